The van der Waals surface area contributed by atoms with E-state index in [1.807, 2.05) is 41.9 Å². The number of imidazole rings is 1. The van der Waals surface area contributed by atoms with Crippen LogP contribution in [0.1, 0.15) is 27.8 Å². The number of benzene rings is 2. The highest BCUT2D eigenvalue weighted by atomic mass is 35.5. The van der Waals surface area contributed by atoms with Crippen LogP contribution in [0.3, 0.4) is 0 Å². The van der Waals surface area contributed by atoms with Gasteiger partial charge in [-0.1, -0.05) is 41.9 Å². The SMILES string of the molecule is Cn1ccnc1[C@@H](NC(=O)c1ccc(Cl)cc1F)c1ccccc1. The number of aromatic nitrogens is 2. The molecule has 0 fully saturated rings. The average Bonchev–Trinajstić information content (AvgIpc) is 2.99. The van der Waals surface area contributed by atoms with Crippen molar-refractivity contribution >= 4 is 17.5 Å². The number of carbonyl (C=O) groups excluding carboxylic acids is 1. The van der Waals surface area contributed by atoms with E-state index in [9.17, 15) is 9.18 Å². The maximum absolute atomic E-state index is 14.0. The molecular weight excluding hydrogens is 329 g/mol. The quantitative estimate of drug-likeness (QED) is 0.784. The molecule has 1 aromatic heterocycles. The highest BCUT2D eigenvalue weighted by molar-refractivity contribution is 6.30. The predicted molar refractivity (Wildman–Crippen MR) is 90.4 cm³/mol. The zero-order valence-electron chi connectivity index (χ0n) is 12.9. The number of aryl methyl sites for hydroxylation is 1. The molecule has 3 rings (SSSR count). The fraction of sp³-hybridized carbons (Fsp3) is 0.111. The van der Waals surface area contributed by atoms with Crippen LogP contribution >= 0.6 is 11.6 Å². The standard InChI is InChI=1S/C18H15ClFN3O/c1-23-10-9-21-17(23)16(12-5-3-2-4-6-12)22-18(24)14-8-7-13(19)11-15(14)20/h2-11,16H,1H3,(H,22,24)/t16-/m0/s1. The summed E-state index contributed by atoms with van der Waals surface area (Å²) in [6, 6.07) is 12.9. The second-order valence-electron chi connectivity index (χ2n) is 5.34. The number of halogens is 2. The molecule has 0 aliphatic carbocycles. The summed E-state index contributed by atoms with van der Waals surface area (Å²) in [5.41, 5.74) is 0.795. The smallest absolute Gasteiger partial charge is 0.255 e. The van der Waals surface area contributed by atoms with E-state index in [4.69, 9.17) is 11.6 Å². The lowest BCUT2D eigenvalue weighted by molar-refractivity contribution is 0.0937. The lowest BCUT2D eigenvalue weighted by Crippen LogP contribution is -2.31. The van der Waals surface area contributed by atoms with E-state index in [1.165, 1.54) is 12.1 Å². The molecule has 0 saturated carbocycles. The molecular formula is C18H15ClFN3O. The van der Waals surface area contributed by atoms with Crippen molar-refractivity contribution in [1.29, 1.82) is 0 Å². The summed E-state index contributed by atoms with van der Waals surface area (Å²) in [6.07, 6.45) is 3.45. The van der Waals surface area contributed by atoms with E-state index in [1.54, 1.807) is 12.4 Å². The maximum atomic E-state index is 14.0. The van der Waals surface area contributed by atoms with Crippen molar-refractivity contribution in [2.45, 2.75) is 6.04 Å². The summed E-state index contributed by atoms with van der Waals surface area (Å²) < 4.78 is 15.8. The van der Waals surface area contributed by atoms with Crippen LogP contribution in [0.4, 0.5) is 4.39 Å². The Morgan fingerprint density at radius 1 is 1.25 bits per heavy atom. The molecule has 1 atom stereocenters. The van der Waals surface area contributed by atoms with Gasteiger partial charge in [0.2, 0.25) is 0 Å². The van der Waals surface area contributed by atoms with Crippen LogP contribution in [-0.4, -0.2) is 15.5 Å². The van der Waals surface area contributed by atoms with Crippen LogP contribution in [0.2, 0.25) is 5.02 Å². The van der Waals surface area contributed by atoms with Gasteiger partial charge in [0.1, 0.15) is 17.7 Å². The van der Waals surface area contributed by atoms with Crippen LogP contribution in [-0.2, 0) is 7.05 Å². The molecule has 122 valence electrons. The van der Waals surface area contributed by atoms with Crippen molar-refractivity contribution in [2.24, 2.45) is 7.05 Å². The van der Waals surface area contributed by atoms with E-state index in [0.717, 1.165) is 11.6 Å². The number of amides is 1. The summed E-state index contributed by atoms with van der Waals surface area (Å²) in [5, 5.41) is 3.09. The van der Waals surface area contributed by atoms with Crippen LogP contribution < -0.4 is 5.32 Å². The largest absolute Gasteiger partial charge is 0.338 e. The van der Waals surface area contributed by atoms with Gasteiger partial charge in [-0.3, -0.25) is 4.79 Å². The number of hydrogen-bond donors (Lipinski definition) is 1. The van der Waals surface area contributed by atoms with Crippen molar-refractivity contribution in [1.82, 2.24) is 14.9 Å². The minimum atomic E-state index is -0.661. The molecule has 1 amide bonds. The second-order valence-corrected chi connectivity index (χ2v) is 5.77. The van der Waals surface area contributed by atoms with E-state index in [-0.39, 0.29) is 10.6 Å². The lowest BCUT2D eigenvalue weighted by atomic mass is 10.1. The Balaban J connectivity index is 1.95. The third kappa shape index (κ3) is 3.31. The monoisotopic (exact) mass is 343 g/mol. The van der Waals surface area contributed by atoms with Gasteiger partial charge in [-0.2, -0.15) is 0 Å². The first kappa shape index (κ1) is 16.2. The molecule has 3 aromatic rings. The zero-order chi connectivity index (χ0) is 17.1. The van der Waals surface area contributed by atoms with E-state index in [0.29, 0.717) is 5.82 Å². The van der Waals surface area contributed by atoms with Crippen molar-refractivity contribution in [3.8, 4) is 0 Å². The van der Waals surface area contributed by atoms with Gasteiger partial charge in [-0.15, -0.1) is 0 Å². The van der Waals surface area contributed by atoms with Gasteiger partial charge in [-0.25, -0.2) is 9.37 Å². The summed E-state index contributed by atoms with van der Waals surface area (Å²) in [6.45, 7) is 0. The van der Waals surface area contributed by atoms with Crippen LogP contribution in [0, 0.1) is 5.82 Å². The lowest BCUT2D eigenvalue weighted by Gasteiger charge is -2.19. The van der Waals surface area contributed by atoms with Crippen molar-refractivity contribution in [2.75, 3.05) is 0 Å². The van der Waals surface area contributed by atoms with Crippen LogP contribution in [0.15, 0.2) is 60.9 Å². The Hall–Kier alpha value is -2.66. The third-order valence-electron chi connectivity index (χ3n) is 3.70. The summed E-state index contributed by atoms with van der Waals surface area (Å²) >= 11 is 5.74. The average molecular weight is 344 g/mol. The van der Waals surface area contributed by atoms with Crippen LogP contribution in [0.5, 0.6) is 0 Å². The molecule has 0 bridgehead atoms. The van der Waals surface area contributed by atoms with Crippen LogP contribution in [0.25, 0.3) is 0 Å². The van der Waals surface area contributed by atoms with Gasteiger partial charge in [0, 0.05) is 24.5 Å². The van der Waals surface area contributed by atoms with Gasteiger partial charge in [0.25, 0.3) is 5.91 Å². The first-order chi connectivity index (χ1) is 11.6. The highest BCUT2D eigenvalue weighted by Crippen LogP contribution is 2.22. The second kappa shape index (κ2) is 6.84. The minimum Gasteiger partial charge on any atom is -0.338 e. The minimum absolute atomic E-state index is 0.0606. The van der Waals surface area contributed by atoms with Crippen molar-refractivity contribution < 1.29 is 9.18 Å². The highest BCUT2D eigenvalue weighted by Gasteiger charge is 2.22. The Bertz CT molecular complexity index is 864. The molecule has 0 radical (unpaired) electrons. The van der Waals surface area contributed by atoms with Gasteiger partial charge in [0.05, 0.1) is 5.56 Å². The molecule has 6 heteroatoms. The molecule has 0 aliphatic heterocycles. The summed E-state index contributed by atoms with van der Waals surface area (Å²) in [5.74, 6) is -0.531. The van der Waals surface area contributed by atoms with E-state index in [2.05, 4.69) is 10.3 Å². The number of carbonyl (C=O) groups is 1. The molecule has 0 spiro atoms. The first-order valence-electron chi connectivity index (χ1n) is 7.34. The van der Waals surface area contributed by atoms with Crippen molar-refractivity contribution in [3.05, 3.63) is 88.7 Å². The van der Waals surface area contributed by atoms with Crippen molar-refractivity contribution in [3.63, 3.8) is 0 Å². The Morgan fingerprint density at radius 3 is 2.62 bits per heavy atom. The van der Waals surface area contributed by atoms with E-state index < -0.39 is 17.8 Å². The van der Waals surface area contributed by atoms with Gasteiger partial charge in [0.15, 0.2) is 0 Å². The molecule has 24 heavy (non-hydrogen) atoms. The van der Waals surface area contributed by atoms with Gasteiger partial charge >= 0.3 is 0 Å². The normalized spacial score (nSPS) is 12.0. The topological polar surface area (TPSA) is 46.9 Å². The summed E-state index contributed by atoms with van der Waals surface area (Å²) in [7, 11) is 1.84. The fourth-order valence-electron chi connectivity index (χ4n) is 2.48. The first-order valence-corrected chi connectivity index (χ1v) is 7.72. The van der Waals surface area contributed by atoms with Gasteiger partial charge in [-0.05, 0) is 23.8 Å². The molecule has 2 aromatic carbocycles. The number of rotatable bonds is 4. The Morgan fingerprint density at radius 2 is 2.00 bits per heavy atom. The fourth-order valence-corrected chi connectivity index (χ4v) is 2.64. The molecule has 0 unspecified atom stereocenters. The predicted octanol–water partition coefficient (Wildman–Crippen LogP) is 3.73. The molecule has 1 N–H and O–H groups in total. The molecule has 1 heterocycles. The number of nitrogens with one attached hydrogen (secondary N) is 1. The number of hydrogen-bond acceptors (Lipinski definition) is 2. The molecule has 4 nitrogen and oxygen atoms in total. The Kier molecular flexibility index (Phi) is 4.62. The molecule has 0 aliphatic rings. The Labute approximate surface area is 143 Å². The van der Waals surface area contributed by atoms with Gasteiger partial charge < -0.3 is 9.88 Å². The zero-order valence-corrected chi connectivity index (χ0v) is 13.7. The van der Waals surface area contributed by atoms with E-state index >= 15 is 0 Å². The molecule has 0 saturated heterocycles. The maximum Gasteiger partial charge on any atom is 0.255 e. The third-order valence-corrected chi connectivity index (χ3v) is 3.94. The number of nitrogens with zero attached hydrogens (tertiary/aromatic N) is 2. The summed E-state index contributed by atoms with van der Waals surface area (Å²) in [4.78, 5) is 16.8.